The number of hydrogen-bond donors (Lipinski definition) is 2. The smallest absolute Gasteiger partial charge is 0.00810 e. The minimum absolute atomic E-state index is 0.449. The second-order valence-electron chi connectivity index (χ2n) is 2.89. The maximum absolute atomic E-state index is 5.65. The fraction of sp³-hybridized carbons (Fsp3) is 0.556. The Morgan fingerprint density at radius 3 is 2.27 bits per heavy atom. The third-order valence-corrected chi connectivity index (χ3v) is 1.62. The highest BCUT2D eigenvalue weighted by Crippen LogP contribution is 2.11. The summed E-state index contributed by atoms with van der Waals surface area (Å²) in [6.45, 7) is 6.22. The normalized spacial score (nSPS) is 14.2. The minimum Gasteiger partial charge on any atom is -0.404 e. The van der Waals surface area contributed by atoms with E-state index in [4.69, 9.17) is 11.5 Å². The maximum Gasteiger partial charge on any atom is 0.00810 e. The fourth-order valence-electron chi connectivity index (χ4n) is 0.723. The van der Waals surface area contributed by atoms with Gasteiger partial charge in [-0.15, -0.1) is 0 Å². The Balaban J connectivity index is 4.32. The average molecular weight is 154 g/mol. The van der Waals surface area contributed by atoms with Gasteiger partial charge >= 0.3 is 0 Å². The van der Waals surface area contributed by atoms with E-state index >= 15 is 0 Å². The molecule has 0 radical (unpaired) electrons. The van der Waals surface area contributed by atoms with Gasteiger partial charge in [-0.25, -0.2) is 0 Å². The van der Waals surface area contributed by atoms with Crippen molar-refractivity contribution in [3.8, 4) is 0 Å². The molecule has 2 nitrogen and oxygen atoms in total. The highest BCUT2D eigenvalue weighted by atomic mass is 14.6. The summed E-state index contributed by atoms with van der Waals surface area (Å²) in [4.78, 5) is 0. The highest BCUT2D eigenvalue weighted by molar-refractivity contribution is 5.22. The van der Waals surface area contributed by atoms with Gasteiger partial charge in [-0.1, -0.05) is 20.8 Å². The molecule has 0 aromatic rings. The van der Waals surface area contributed by atoms with Crippen molar-refractivity contribution in [2.24, 2.45) is 17.4 Å². The van der Waals surface area contributed by atoms with Crippen molar-refractivity contribution in [2.75, 3.05) is 0 Å². The summed E-state index contributed by atoms with van der Waals surface area (Å²) >= 11 is 0. The van der Waals surface area contributed by atoms with Gasteiger partial charge in [-0.05, 0) is 30.2 Å². The zero-order valence-corrected chi connectivity index (χ0v) is 7.59. The van der Waals surface area contributed by atoms with Gasteiger partial charge in [-0.3, -0.25) is 0 Å². The molecule has 0 aromatic carbocycles. The van der Waals surface area contributed by atoms with Crippen LogP contribution < -0.4 is 11.5 Å². The molecule has 0 aromatic heterocycles. The van der Waals surface area contributed by atoms with Gasteiger partial charge in [0.2, 0.25) is 0 Å². The van der Waals surface area contributed by atoms with Crippen LogP contribution in [0.1, 0.15) is 27.2 Å². The van der Waals surface area contributed by atoms with E-state index in [9.17, 15) is 0 Å². The molecule has 0 saturated carbocycles. The lowest BCUT2D eigenvalue weighted by Crippen LogP contribution is -2.00. The van der Waals surface area contributed by atoms with Gasteiger partial charge in [0.05, 0.1) is 0 Å². The van der Waals surface area contributed by atoms with E-state index in [0.29, 0.717) is 5.92 Å². The van der Waals surface area contributed by atoms with Crippen LogP contribution in [0.3, 0.4) is 0 Å². The molecule has 0 aliphatic rings. The van der Waals surface area contributed by atoms with Crippen molar-refractivity contribution in [3.05, 3.63) is 23.5 Å². The predicted octanol–water partition coefficient (Wildman–Crippen LogP) is 1.74. The molecule has 0 fully saturated rings. The van der Waals surface area contributed by atoms with Crippen LogP contribution in [0.25, 0.3) is 0 Å². The summed E-state index contributed by atoms with van der Waals surface area (Å²) in [6.07, 6.45) is 4.45. The Hall–Kier alpha value is -0.920. The topological polar surface area (TPSA) is 52.0 Å². The van der Waals surface area contributed by atoms with Gasteiger partial charge in [-0.2, -0.15) is 0 Å². The van der Waals surface area contributed by atoms with Gasteiger partial charge in [0.1, 0.15) is 0 Å². The number of allylic oxidation sites excluding steroid dienone is 3. The monoisotopic (exact) mass is 154 g/mol. The molecule has 0 unspecified atom stereocenters. The highest BCUT2D eigenvalue weighted by Gasteiger charge is 1.98. The second-order valence-corrected chi connectivity index (χ2v) is 2.89. The summed E-state index contributed by atoms with van der Waals surface area (Å²) in [5, 5.41) is 0. The number of hydrogen-bond acceptors (Lipinski definition) is 2. The van der Waals surface area contributed by atoms with Crippen molar-refractivity contribution in [1.82, 2.24) is 0 Å². The predicted molar refractivity (Wildman–Crippen MR) is 49.7 cm³/mol. The first-order valence-corrected chi connectivity index (χ1v) is 3.99. The first kappa shape index (κ1) is 10.1. The molecule has 0 heterocycles. The van der Waals surface area contributed by atoms with Crippen molar-refractivity contribution < 1.29 is 0 Å². The van der Waals surface area contributed by atoms with Crippen molar-refractivity contribution >= 4 is 0 Å². The molecular weight excluding hydrogens is 136 g/mol. The first-order chi connectivity index (χ1) is 5.11. The van der Waals surface area contributed by atoms with Gasteiger partial charge < -0.3 is 11.5 Å². The van der Waals surface area contributed by atoms with Gasteiger partial charge in [0.25, 0.3) is 0 Å². The zero-order valence-electron chi connectivity index (χ0n) is 7.59. The van der Waals surface area contributed by atoms with E-state index < -0.39 is 0 Å². The Morgan fingerprint density at radius 1 is 1.45 bits per heavy atom. The Bertz CT molecular complexity index is 166. The molecule has 0 rings (SSSR count). The molecule has 0 aliphatic heterocycles. The molecule has 0 spiro atoms. The van der Waals surface area contributed by atoms with E-state index in [2.05, 4.69) is 13.8 Å². The van der Waals surface area contributed by atoms with Gasteiger partial charge in [0, 0.05) is 5.70 Å². The summed E-state index contributed by atoms with van der Waals surface area (Å²) in [5.74, 6) is 0.449. The van der Waals surface area contributed by atoms with E-state index in [-0.39, 0.29) is 0 Å². The standard InChI is InChI=1S/C9H18N2/c1-4-9(11)5-8(6-10)7(2)3/h5-7H,4,10-11H2,1-3H3/b8-6+,9-5-. The fourth-order valence-corrected chi connectivity index (χ4v) is 0.723. The van der Waals surface area contributed by atoms with E-state index in [1.165, 1.54) is 0 Å². The summed E-state index contributed by atoms with van der Waals surface area (Å²) in [7, 11) is 0. The lowest BCUT2D eigenvalue weighted by Gasteiger charge is -2.05. The molecule has 64 valence electrons. The van der Waals surface area contributed by atoms with Crippen LogP contribution in [0.5, 0.6) is 0 Å². The SMILES string of the molecule is CC/C(N)=C/C(=C\N)C(C)C. The van der Waals surface area contributed by atoms with Crippen LogP contribution in [-0.4, -0.2) is 0 Å². The third kappa shape index (κ3) is 3.71. The number of nitrogens with two attached hydrogens (primary N) is 2. The second kappa shape index (κ2) is 4.83. The average Bonchev–Trinajstić information content (AvgIpc) is 1.99. The molecule has 0 saturated heterocycles. The Labute approximate surface area is 69.0 Å². The molecule has 4 N–H and O–H groups in total. The van der Waals surface area contributed by atoms with Crippen LogP contribution in [0.2, 0.25) is 0 Å². The third-order valence-electron chi connectivity index (χ3n) is 1.62. The van der Waals surface area contributed by atoms with E-state index in [1.54, 1.807) is 6.20 Å². The van der Waals surface area contributed by atoms with E-state index in [1.807, 2.05) is 13.0 Å². The van der Waals surface area contributed by atoms with Crippen LogP contribution in [-0.2, 0) is 0 Å². The Morgan fingerprint density at radius 2 is 2.00 bits per heavy atom. The Kier molecular flexibility index (Phi) is 4.42. The maximum atomic E-state index is 5.65. The van der Waals surface area contributed by atoms with E-state index in [0.717, 1.165) is 17.7 Å². The van der Waals surface area contributed by atoms with Crippen molar-refractivity contribution in [1.29, 1.82) is 0 Å². The van der Waals surface area contributed by atoms with Gasteiger partial charge in [0.15, 0.2) is 0 Å². The largest absolute Gasteiger partial charge is 0.404 e. The lowest BCUT2D eigenvalue weighted by molar-refractivity contribution is 0.784. The molecule has 0 amide bonds. The number of rotatable bonds is 3. The molecule has 11 heavy (non-hydrogen) atoms. The minimum atomic E-state index is 0.449. The molecule has 0 aliphatic carbocycles. The van der Waals surface area contributed by atoms with Crippen molar-refractivity contribution in [2.45, 2.75) is 27.2 Å². The quantitative estimate of drug-likeness (QED) is 0.608. The first-order valence-electron chi connectivity index (χ1n) is 3.99. The molecular formula is C9H18N2. The van der Waals surface area contributed by atoms with Crippen LogP contribution >= 0.6 is 0 Å². The zero-order chi connectivity index (χ0) is 8.85. The molecule has 0 atom stereocenters. The summed E-state index contributed by atoms with van der Waals surface area (Å²) in [5.41, 5.74) is 13.1. The van der Waals surface area contributed by atoms with Crippen LogP contribution in [0, 0.1) is 5.92 Å². The lowest BCUT2D eigenvalue weighted by atomic mass is 10.0. The van der Waals surface area contributed by atoms with Crippen LogP contribution in [0.4, 0.5) is 0 Å². The molecule has 0 bridgehead atoms. The van der Waals surface area contributed by atoms with Crippen LogP contribution in [0.15, 0.2) is 23.5 Å². The molecule has 2 heteroatoms. The summed E-state index contributed by atoms with van der Waals surface area (Å²) < 4.78 is 0. The summed E-state index contributed by atoms with van der Waals surface area (Å²) in [6, 6.07) is 0. The van der Waals surface area contributed by atoms with Crippen molar-refractivity contribution in [3.63, 3.8) is 0 Å².